The number of anilines is 1. The standard InChI is InChI=1S/C16H16F2N2O/c1-20(2)16(21)11-3-6-14(7-4-11)19-10-12-9-13(17)5-8-15(12)18/h3-9,19H,10H2,1-2H3. The van der Waals surface area contributed by atoms with Gasteiger partial charge in [-0.2, -0.15) is 0 Å². The minimum absolute atomic E-state index is 0.0854. The zero-order valence-corrected chi connectivity index (χ0v) is 11.9. The van der Waals surface area contributed by atoms with Crippen molar-refractivity contribution in [2.24, 2.45) is 0 Å². The van der Waals surface area contributed by atoms with Gasteiger partial charge in [-0.25, -0.2) is 8.78 Å². The SMILES string of the molecule is CN(C)C(=O)c1ccc(NCc2cc(F)ccc2F)cc1. The van der Waals surface area contributed by atoms with Crippen molar-refractivity contribution in [3.05, 3.63) is 65.2 Å². The van der Waals surface area contributed by atoms with Crippen LogP contribution in [0.25, 0.3) is 0 Å². The van der Waals surface area contributed by atoms with E-state index in [-0.39, 0.29) is 18.0 Å². The van der Waals surface area contributed by atoms with E-state index < -0.39 is 11.6 Å². The molecular weight excluding hydrogens is 274 g/mol. The third kappa shape index (κ3) is 3.78. The van der Waals surface area contributed by atoms with E-state index >= 15 is 0 Å². The average molecular weight is 290 g/mol. The molecule has 0 fully saturated rings. The first-order valence-electron chi connectivity index (χ1n) is 6.47. The van der Waals surface area contributed by atoms with E-state index in [1.54, 1.807) is 38.4 Å². The number of nitrogens with zero attached hydrogens (tertiary/aromatic N) is 1. The Kier molecular flexibility index (Phi) is 4.52. The van der Waals surface area contributed by atoms with Crippen LogP contribution in [0.4, 0.5) is 14.5 Å². The zero-order chi connectivity index (χ0) is 15.4. The first-order chi connectivity index (χ1) is 9.97. The van der Waals surface area contributed by atoms with Crippen LogP contribution in [0.15, 0.2) is 42.5 Å². The molecule has 1 amide bonds. The second-order valence-electron chi connectivity index (χ2n) is 4.87. The molecule has 2 rings (SSSR count). The summed E-state index contributed by atoms with van der Waals surface area (Å²) in [6.45, 7) is 0.171. The molecule has 0 aliphatic rings. The van der Waals surface area contributed by atoms with Crippen LogP contribution in [0, 0.1) is 11.6 Å². The number of hydrogen-bond acceptors (Lipinski definition) is 2. The van der Waals surface area contributed by atoms with E-state index in [2.05, 4.69) is 5.32 Å². The molecule has 2 aromatic carbocycles. The van der Waals surface area contributed by atoms with Gasteiger partial charge in [-0.15, -0.1) is 0 Å². The van der Waals surface area contributed by atoms with Crippen molar-refractivity contribution < 1.29 is 13.6 Å². The normalized spacial score (nSPS) is 10.3. The molecule has 0 saturated heterocycles. The molecule has 0 spiro atoms. The molecule has 1 N–H and O–H groups in total. The first kappa shape index (κ1) is 15.0. The summed E-state index contributed by atoms with van der Waals surface area (Å²) in [5.41, 5.74) is 1.56. The van der Waals surface area contributed by atoms with Gasteiger partial charge in [-0.1, -0.05) is 0 Å². The van der Waals surface area contributed by atoms with Gasteiger partial charge in [0.1, 0.15) is 11.6 Å². The second-order valence-corrected chi connectivity index (χ2v) is 4.87. The van der Waals surface area contributed by atoms with Crippen LogP contribution in [0.1, 0.15) is 15.9 Å². The van der Waals surface area contributed by atoms with Gasteiger partial charge in [-0.3, -0.25) is 4.79 Å². The largest absolute Gasteiger partial charge is 0.381 e. The maximum atomic E-state index is 13.5. The highest BCUT2D eigenvalue weighted by molar-refractivity contribution is 5.94. The highest BCUT2D eigenvalue weighted by Gasteiger charge is 2.07. The van der Waals surface area contributed by atoms with E-state index in [9.17, 15) is 13.6 Å². The van der Waals surface area contributed by atoms with Gasteiger partial charge in [0.2, 0.25) is 0 Å². The van der Waals surface area contributed by atoms with Crippen LogP contribution in [0.5, 0.6) is 0 Å². The van der Waals surface area contributed by atoms with Crippen molar-refractivity contribution in [2.45, 2.75) is 6.54 Å². The molecule has 0 aromatic heterocycles. The fraction of sp³-hybridized carbons (Fsp3) is 0.188. The Morgan fingerprint density at radius 1 is 1.10 bits per heavy atom. The number of amides is 1. The predicted molar refractivity (Wildman–Crippen MR) is 78.1 cm³/mol. The molecule has 0 heterocycles. The lowest BCUT2D eigenvalue weighted by Gasteiger charge is -2.11. The lowest BCUT2D eigenvalue weighted by atomic mass is 10.1. The lowest BCUT2D eigenvalue weighted by Crippen LogP contribution is -2.21. The van der Waals surface area contributed by atoms with Crippen LogP contribution in [-0.2, 0) is 6.54 Å². The minimum atomic E-state index is -0.472. The Morgan fingerprint density at radius 2 is 1.76 bits per heavy atom. The number of hydrogen-bond donors (Lipinski definition) is 1. The molecule has 3 nitrogen and oxygen atoms in total. The summed E-state index contributed by atoms with van der Waals surface area (Å²) in [7, 11) is 3.36. The molecule has 5 heteroatoms. The number of rotatable bonds is 4. The van der Waals surface area contributed by atoms with Crippen molar-refractivity contribution in [3.63, 3.8) is 0 Å². The van der Waals surface area contributed by atoms with E-state index in [4.69, 9.17) is 0 Å². The van der Waals surface area contributed by atoms with Crippen molar-refractivity contribution in [3.8, 4) is 0 Å². The van der Waals surface area contributed by atoms with Gasteiger partial charge < -0.3 is 10.2 Å². The van der Waals surface area contributed by atoms with Crippen molar-refractivity contribution >= 4 is 11.6 Å². The smallest absolute Gasteiger partial charge is 0.253 e. The van der Waals surface area contributed by atoms with Crippen LogP contribution in [0.2, 0.25) is 0 Å². The molecule has 0 atom stereocenters. The van der Waals surface area contributed by atoms with Crippen LogP contribution in [0.3, 0.4) is 0 Å². The highest BCUT2D eigenvalue weighted by Crippen LogP contribution is 2.14. The van der Waals surface area contributed by atoms with Crippen molar-refractivity contribution in [2.75, 3.05) is 19.4 Å². The summed E-state index contributed by atoms with van der Waals surface area (Å²) in [5.74, 6) is -1.01. The first-order valence-corrected chi connectivity index (χ1v) is 6.47. The molecule has 2 aromatic rings. The Labute approximate surface area is 122 Å². The second kappa shape index (κ2) is 6.35. The number of carbonyl (C=O) groups is 1. The Balaban J connectivity index is 2.04. The summed E-state index contributed by atoms with van der Waals surface area (Å²) < 4.78 is 26.5. The van der Waals surface area contributed by atoms with Crippen LogP contribution >= 0.6 is 0 Å². The molecule has 0 bridgehead atoms. The van der Waals surface area contributed by atoms with Crippen LogP contribution < -0.4 is 5.32 Å². The third-order valence-corrected chi connectivity index (χ3v) is 3.03. The number of carbonyl (C=O) groups excluding carboxylic acids is 1. The van der Waals surface area contributed by atoms with Gasteiger partial charge in [-0.05, 0) is 42.5 Å². The van der Waals surface area contributed by atoms with Gasteiger partial charge in [0.15, 0.2) is 0 Å². The Morgan fingerprint density at radius 3 is 2.38 bits per heavy atom. The Hall–Kier alpha value is -2.43. The fourth-order valence-corrected chi connectivity index (χ4v) is 1.86. The molecule has 0 radical (unpaired) electrons. The van der Waals surface area contributed by atoms with Crippen molar-refractivity contribution in [1.29, 1.82) is 0 Å². The number of nitrogens with one attached hydrogen (secondary N) is 1. The van der Waals surface area contributed by atoms with Gasteiger partial charge in [0, 0.05) is 37.5 Å². The van der Waals surface area contributed by atoms with Crippen LogP contribution in [-0.4, -0.2) is 24.9 Å². The third-order valence-electron chi connectivity index (χ3n) is 3.03. The van der Waals surface area contributed by atoms with E-state index in [1.165, 1.54) is 4.90 Å². The van der Waals surface area contributed by atoms with Gasteiger partial charge in [0.05, 0.1) is 0 Å². The number of benzene rings is 2. The van der Waals surface area contributed by atoms with E-state index in [1.807, 2.05) is 0 Å². The average Bonchev–Trinajstić information content (AvgIpc) is 2.48. The molecular formula is C16H16F2N2O. The quantitative estimate of drug-likeness (QED) is 0.937. The summed E-state index contributed by atoms with van der Waals surface area (Å²) in [6, 6.07) is 10.2. The monoisotopic (exact) mass is 290 g/mol. The van der Waals surface area contributed by atoms with E-state index in [0.29, 0.717) is 5.56 Å². The molecule has 110 valence electrons. The summed E-state index contributed by atoms with van der Waals surface area (Å²) in [5, 5.41) is 2.99. The molecule has 0 aliphatic carbocycles. The highest BCUT2D eigenvalue weighted by atomic mass is 19.1. The fourth-order valence-electron chi connectivity index (χ4n) is 1.86. The van der Waals surface area contributed by atoms with E-state index in [0.717, 1.165) is 23.9 Å². The number of halogens is 2. The predicted octanol–water partition coefficient (Wildman–Crippen LogP) is 3.28. The van der Waals surface area contributed by atoms with Gasteiger partial charge in [0.25, 0.3) is 5.91 Å². The zero-order valence-electron chi connectivity index (χ0n) is 11.9. The molecule has 0 saturated carbocycles. The summed E-state index contributed by atoms with van der Waals surface area (Å²) >= 11 is 0. The molecule has 21 heavy (non-hydrogen) atoms. The van der Waals surface area contributed by atoms with Gasteiger partial charge >= 0.3 is 0 Å². The summed E-state index contributed by atoms with van der Waals surface area (Å²) in [4.78, 5) is 13.2. The lowest BCUT2D eigenvalue weighted by molar-refractivity contribution is 0.0827. The maximum Gasteiger partial charge on any atom is 0.253 e. The summed E-state index contributed by atoms with van der Waals surface area (Å²) in [6.07, 6.45) is 0. The maximum absolute atomic E-state index is 13.5. The van der Waals surface area contributed by atoms with Crippen molar-refractivity contribution in [1.82, 2.24) is 4.90 Å². The molecule has 0 aliphatic heterocycles. The Bertz CT molecular complexity index is 639. The topological polar surface area (TPSA) is 32.3 Å². The minimum Gasteiger partial charge on any atom is -0.381 e. The molecule has 0 unspecified atom stereocenters.